The van der Waals surface area contributed by atoms with Crippen molar-refractivity contribution in [2.45, 2.75) is 13.0 Å². The van der Waals surface area contributed by atoms with Crippen molar-refractivity contribution in [3.05, 3.63) is 58.3 Å². The second kappa shape index (κ2) is 5.09. The Balaban J connectivity index is 1.83. The number of anilines is 1. The number of nitriles is 1. The van der Waals surface area contributed by atoms with Gasteiger partial charge in [-0.15, -0.1) is 0 Å². The third kappa shape index (κ3) is 2.47. The number of rotatable bonds is 3. The Kier molecular flexibility index (Phi) is 3.12. The summed E-state index contributed by atoms with van der Waals surface area (Å²) in [6.07, 6.45) is 1.43. The second-order valence-electron chi connectivity index (χ2n) is 4.63. The van der Waals surface area contributed by atoms with Crippen LogP contribution in [0.1, 0.15) is 24.1 Å². The summed E-state index contributed by atoms with van der Waals surface area (Å²) in [6, 6.07) is 11.1. The van der Waals surface area contributed by atoms with Gasteiger partial charge >= 0.3 is 5.69 Å². The van der Waals surface area contributed by atoms with E-state index in [2.05, 4.69) is 26.6 Å². The van der Waals surface area contributed by atoms with Gasteiger partial charge in [0.25, 0.3) is 0 Å². The minimum Gasteiger partial charge on any atom is -0.363 e. The van der Waals surface area contributed by atoms with Crippen molar-refractivity contribution in [1.29, 1.82) is 5.26 Å². The Morgan fingerprint density at radius 1 is 1.38 bits per heavy atom. The van der Waals surface area contributed by atoms with E-state index in [9.17, 15) is 4.79 Å². The summed E-state index contributed by atoms with van der Waals surface area (Å²) in [6.45, 7) is 1.99. The zero-order chi connectivity index (χ0) is 14.8. The van der Waals surface area contributed by atoms with E-state index in [0.717, 1.165) is 5.56 Å². The normalized spacial score (nSPS) is 12.0. The van der Waals surface area contributed by atoms with Gasteiger partial charge in [-0.1, -0.05) is 12.1 Å². The van der Waals surface area contributed by atoms with Gasteiger partial charge in [0.2, 0.25) is 0 Å². The maximum absolute atomic E-state index is 11.4. The van der Waals surface area contributed by atoms with Crippen LogP contribution in [0.3, 0.4) is 0 Å². The van der Waals surface area contributed by atoms with E-state index in [1.165, 1.54) is 10.7 Å². The minimum atomic E-state index is -0.316. The van der Waals surface area contributed by atoms with Gasteiger partial charge in [-0.3, -0.25) is 0 Å². The first-order valence-corrected chi connectivity index (χ1v) is 6.37. The van der Waals surface area contributed by atoms with Crippen LogP contribution in [0, 0.1) is 11.3 Å². The highest BCUT2D eigenvalue weighted by Gasteiger charge is 2.08. The molecule has 0 bridgehead atoms. The molecule has 1 atom stereocenters. The van der Waals surface area contributed by atoms with Gasteiger partial charge in [0.15, 0.2) is 5.65 Å². The molecule has 2 heterocycles. The quantitative estimate of drug-likeness (QED) is 0.756. The topological polar surface area (TPSA) is 98.9 Å². The molecule has 1 unspecified atom stereocenters. The third-order valence-electron chi connectivity index (χ3n) is 3.21. The highest BCUT2D eigenvalue weighted by atomic mass is 16.1. The lowest BCUT2D eigenvalue weighted by atomic mass is 10.1. The summed E-state index contributed by atoms with van der Waals surface area (Å²) in [4.78, 5) is 15.5. The Labute approximate surface area is 119 Å². The molecule has 0 spiro atoms. The molecule has 0 saturated carbocycles. The zero-order valence-corrected chi connectivity index (χ0v) is 11.2. The molecule has 0 aliphatic rings. The molecule has 21 heavy (non-hydrogen) atoms. The van der Waals surface area contributed by atoms with E-state index < -0.39 is 0 Å². The summed E-state index contributed by atoms with van der Waals surface area (Å²) in [5, 5.41) is 18.3. The molecular weight excluding hydrogens is 268 g/mol. The molecule has 0 aliphatic heterocycles. The SMILES string of the molecule is CC(Nc1cc2n[nH]c(=O)n2cn1)c1ccc(C#N)cc1. The molecule has 0 saturated heterocycles. The number of H-pyrrole nitrogens is 1. The number of fused-ring (bicyclic) bond motifs is 1. The van der Waals surface area contributed by atoms with Crippen LogP contribution in [0.4, 0.5) is 5.82 Å². The average Bonchev–Trinajstić information content (AvgIpc) is 2.88. The Hall–Kier alpha value is -3.14. The van der Waals surface area contributed by atoms with E-state index in [4.69, 9.17) is 5.26 Å². The number of hydrogen-bond donors (Lipinski definition) is 2. The predicted molar refractivity (Wildman–Crippen MR) is 76.8 cm³/mol. The van der Waals surface area contributed by atoms with Crippen LogP contribution >= 0.6 is 0 Å². The van der Waals surface area contributed by atoms with E-state index in [1.807, 2.05) is 19.1 Å². The monoisotopic (exact) mass is 280 g/mol. The van der Waals surface area contributed by atoms with Crippen LogP contribution in [0.5, 0.6) is 0 Å². The Bertz CT molecular complexity index is 871. The lowest BCUT2D eigenvalue weighted by molar-refractivity contribution is 0.869. The highest BCUT2D eigenvalue weighted by molar-refractivity contribution is 5.49. The Morgan fingerprint density at radius 2 is 2.14 bits per heavy atom. The van der Waals surface area contributed by atoms with Gasteiger partial charge in [0.1, 0.15) is 12.1 Å². The summed E-state index contributed by atoms with van der Waals surface area (Å²) >= 11 is 0. The van der Waals surface area contributed by atoms with E-state index in [-0.39, 0.29) is 11.7 Å². The first-order valence-electron chi connectivity index (χ1n) is 6.37. The number of nitrogens with zero attached hydrogens (tertiary/aromatic N) is 4. The number of hydrogen-bond acceptors (Lipinski definition) is 5. The lowest BCUT2D eigenvalue weighted by Crippen LogP contribution is -2.11. The summed E-state index contributed by atoms with van der Waals surface area (Å²) in [5.41, 5.74) is 1.85. The fraction of sp³-hybridized carbons (Fsp3) is 0.143. The Morgan fingerprint density at radius 3 is 2.86 bits per heavy atom. The number of nitrogens with one attached hydrogen (secondary N) is 2. The lowest BCUT2D eigenvalue weighted by Gasteiger charge is -2.14. The van der Waals surface area contributed by atoms with Crippen LogP contribution in [0.2, 0.25) is 0 Å². The molecule has 0 radical (unpaired) electrons. The van der Waals surface area contributed by atoms with Crippen LogP contribution in [-0.4, -0.2) is 19.6 Å². The highest BCUT2D eigenvalue weighted by Crippen LogP contribution is 2.18. The molecule has 0 amide bonds. The minimum absolute atomic E-state index is 0.0124. The van der Waals surface area contributed by atoms with Gasteiger partial charge in [-0.05, 0) is 24.6 Å². The van der Waals surface area contributed by atoms with Crippen molar-refractivity contribution in [2.75, 3.05) is 5.32 Å². The maximum atomic E-state index is 11.4. The van der Waals surface area contributed by atoms with Crippen molar-refractivity contribution in [1.82, 2.24) is 19.6 Å². The summed E-state index contributed by atoms with van der Waals surface area (Å²) < 4.78 is 1.33. The summed E-state index contributed by atoms with van der Waals surface area (Å²) in [5.74, 6) is 0.623. The van der Waals surface area contributed by atoms with Crippen LogP contribution in [0.25, 0.3) is 5.65 Å². The van der Waals surface area contributed by atoms with Crippen molar-refractivity contribution < 1.29 is 0 Å². The predicted octanol–water partition coefficient (Wildman–Crippen LogP) is 1.46. The molecule has 3 rings (SSSR count). The molecule has 104 valence electrons. The third-order valence-corrected chi connectivity index (χ3v) is 3.21. The van der Waals surface area contributed by atoms with Crippen molar-refractivity contribution in [2.24, 2.45) is 0 Å². The van der Waals surface area contributed by atoms with Gasteiger partial charge in [0.05, 0.1) is 11.6 Å². The molecule has 0 fully saturated rings. The maximum Gasteiger partial charge on any atom is 0.348 e. The average molecular weight is 280 g/mol. The number of aromatic nitrogens is 4. The fourth-order valence-corrected chi connectivity index (χ4v) is 2.04. The molecule has 0 aliphatic carbocycles. The van der Waals surface area contributed by atoms with Gasteiger partial charge in [-0.2, -0.15) is 10.4 Å². The van der Waals surface area contributed by atoms with E-state index in [0.29, 0.717) is 17.0 Å². The van der Waals surface area contributed by atoms with E-state index >= 15 is 0 Å². The molecule has 2 aromatic heterocycles. The number of aromatic amines is 1. The van der Waals surface area contributed by atoms with Gasteiger partial charge in [-0.25, -0.2) is 19.3 Å². The van der Waals surface area contributed by atoms with Crippen LogP contribution in [-0.2, 0) is 0 Å². The van der Waals surface area contributed by atoms with Gasteiger partial charge in [0, 0.05) is 12.1 Å². The van der Waals surface area contributed by atoms with Crippen molar-refractivity contribution >= 4 is 11.5 Å². The second-order valence-corrected chi connectivity index (χ2v) is 4.63. The number of benzene rings is 1. The van der Waals surface area contributed by atoms with Gasteiger partial charge < -0.3 is 5.32 Å². The molecular formula is C14H12N6O. The zero-order valence-electron chi connectivity index (χ0n) is 11.2. The van der Waals surface area contributed by atoms with E-state index in [1.54, 1.807) is 18.2 Å². The standard InChI is InChI=1S/C14H12N6O/c1-9(11-4-2-10(7-15)3-5-11)17-12-6-13-18-19-14(21)20(13)8-16-12/h2-6,8-9,17H,1H3,(H,19,21). The van der Waals surface area contributed by atoms with Crippen molar-refractivity contribution in [3.63, 3.8) is 0 Å². The molecule has 7 heteroatoms. The first-order chi connectivity index (χ1) is 10.2. The van der Waals surface area contributed by atoms with Crippen LogP contribution in [0.15, 0.2) is 41.5 Å². The smallest absolute Gasteiger partial charge is 0.348 e. The molecule has 2 N–H and O–H groups in total. The largest absolute Gasteiger partial charge is 0.363 e. The first kappa shape index (κ1) is 12.9. The summed E-state index contributed by atoms with van der Waals surface area (Å²) in [7, 11) is 0. The molecule has 7 nitrogen and oxygen atoms in total. The molecule has 1 aromatic carbocycles. The van der Waals surface area contributed by atoms with Crippen LogP contribution < -0.4 is 11.0 Å². The van der Waals surface area contributed by atoms with Crippen molar-refractivity contribution in [3.8, 4) is 6.07 Å². The molecule has 3 aromatic rings. The fourth-order valence-electron chi connectivity index (χ4n) is 2.04.